The summed E-state index contributed by atoms with van der Waals surface area (Å²) in [6.07, 6.45) is 16.1. The molecular formula is C102H92F10N12O5S5. The molecule has 0 saturated carbocycles. The molecule has 5 amide bonds. The van der Waals surface area contributed by atoms with Crippen molar-refractivity contribution in [2.24, 2.45) is 31.4 Å². The lowest BCUT2D eigenvalue weighted by atomic mass is 9.86. The van der Waals surface area contributed by atoms with Crippen LogP contribution in [0.25, 0.3) is 0 Å². The van der Waals surface area contributed by atoms with Crippen molar-refractivity contribution >= 4 is 114 Å². The van der Waals surface area contributed by atoms with Crippen LogP contribution in [0, 0.1) is 64.1 Å². The SMILES string of the molecule is CC(=O)N1N=C(c2cc(F)ccc2F)SC12CCCCc1ccccc12.CC(=O)N1N=C(c2cc(F)ccc2F)SC12CCCCc1ccccc12.CC(=O)N1N=C(c2cc(F)ccc2F)SC12CCCc1ccccc12.O=C(C1CCNCC1)N1N=C(c2cc(F)ccc2F)SC12CCc1ccccc12.O=C([C@@H]1CCCN1)N1N=C(c2cc(F)ccc2F)SC12CCc1ccccc12. The summed E-state index contributed by atoms with van der Waals surface area (Å²) in [5, 5.41) is 38.1. The predicted molar refractivity (Wildman–Crippen MR) is 506 cm³/mol. The Morgan fingerprint density at radius 1 is 0.299 bits per heavy atom. The number of nitrogens with zero attached hydrogens (tertiary/aromatic N) is 10. The van der Waals surface area contributed by atoms with E-state index in [1.807, 2.05) is 91.0 Å². The van der Waals surface area contributed by atoms with Gasteiger partial charge in [-0.3, -0.25) is 24.0 Å². The lowest BCUT2D eigenvalue weighted by molar-refractivity contribution is -0.140. The Balaban J connectivity index is 0.000000112. The molecule has 5 spiro atoms. The van der Waals surface area contributed by atoms with Crippen molar-refractivity contribution in [3.05, 3.63) is 354 Å². The smallest absolute Gasteiger partial charge is 0.261 e. The Kier molecular flexibility index (Phi) is 27.1. The van der Waals surface area contributed by atoms with Crippen LogP contribution in [0.5, 0.6) is 0 Å². The van der Waals surface area contributed by atoms with E-state index >= 15 is 0 Å². The van der Waals surface area contributed by atoms with Crippen LogP contribution in [0.3, 0.4) is 0 Å². The standard InChI is InChI=1S/C22H21F2N3OS.C21H19F2N3OS.2C20H18F2N2OS.C19H16F2N2OS/c23-16-5-6-19(24)17(13-16)20-26-27(21(28)15-8-11-25-12-9-15)22(29-20)10-7-14-3-1-2-4-18(14)22;22-14-7-8-17(23)15(12-14)19-25-26(20(27)18-6-3-11-24-18)21(28-19)10-9-13-4-1-2-5-16(13)21;2*1-13(25)24-20(11-5-4-7-14-6-2-3-8-17(14)20)26-19(23-24)16-12-15(21)9-10-18(16)22;1-12(24)23-19(10-4-6-13-5-2-3-7-16(13)19)25-18(22-23)15-11-14(20)8-9-17(15)21/h1-6,13,15,25H,7-12H2;1-2,4-5,7-8,12,18,24H,3,6,9-11H2;2*2-3,6,8-10,12H,4-5,7,11H2,1H3;2-3,5,7-9,11H,4,6,10H2,1H3/t;18-,21?;;;/m.0.../s1. The first-order valence-corrected chi connectivity index (χ1v) is 48.9. The molecule has 0 aromatic heterocycles. The van der Waals surface area contributed by atoms with E-state index in [9.17, 15) is 67.9 Å². The van der Waals surface area contributed by atoms with Crippen molar-refractivity contribution in [2.75, 3.05) is 19.6 Å². The molecule has 32 heteroatoms. The number of aryl methyl sites for hydroxylation is 5. The van der Waals surface area contributed by atoms with Crippen molar-refractivity contribution < 1.29 is 67.9 Å². The van der Waals surface area contributed by atoms with E-state index in [1.165, 1.54) is 127 Å². The molecule has 7 aliphatic heterocycles. The molecule has 5 unspecified atom stereocenters. The minimum absolute atomic E-state index is 0.0254. The topological polar surface area (TPSA) is 187 Å². The zero-order chi connectivity index (χ0) is 93.5. The number of amides is 5. The normalized spacial score (nSPS) is 23.3. The zero-order valence-electron chi connectivity index (χ0n) is 73.3. The van der Waals surface area contributed by atoms with Gasteiger partial charge in [0, 0.05) is 54.5 Å². The quantitative estimate of drug-likeness (QED) is 0.144. The Morgan fingerprint density at radius 3 is 0.866 bits per heavy atom. The van der Waals surface area contributed by atoms with Crippen LogP contribution < -0.4 is 10.6 Å². The first kappa shape index (κ1) is 93.3. The van der Waals surface area contributed by atoms with Gasteiger partial charge in [-0.2, -0.15) is 25.5 Å². The van der Waals surface area contributed by atoms with Crippen molar-refractivity contribution in [1.82, 2.24) is 35.7 Å². The molecule has 0 bridgehead atoms. The summed E-state index contributed by atoms with van der Waals surface area (Å²) in [5.74, 6) is -6.19. The number of rotatable bonds is 7. The van der Waals surface area contributed by atoms with Gasteiger partial charge in [0.15, 0.2) is 0 Å². The monoisotopic (exact) mass is 1910 g/mol. The van der Waals surface area contributed by atoms with E-state index in [-0.39, 0.29) is 69.3 Å². The fourth-order valence-corrected chi connectivity index (χ4v) is 27.4. The molecule has 2 N–H and O–H groups in total. The molecular weight excluding hydrogens is 1820 g/mol. The van der Waals surface area contributed by atoms with Gasteiger partial charge in [-0.1, -0.05) is 180 Å². The van der Waals surface area contributed by atoms with E-state index in [2.05, 4.69) is 66.5 Å². The summed E-state index contributed by atoms with van der Waals surface area (Å²) in [6, 6.07) is 56.4. The number of thioether (sulfide) groups is 5. The van der Waals surface area contributed by atoms with Crippen LogP contribution in [-0.4, -0.2) is 105 Å². The summed E-state index contributed by atoms with van der Waals surface area (Å²) in [5.41, 5.74) is 11.5. The van der Waals surface area contributed by atoms with E-state index < -0.39 is 82.5 Å². The lowest BCUT2D eigenvalue weighted by Crippen LogP contribution is -2.47. The zero-order valence-corrected chi connectivity index (χ0v) is 77.3. The van der Waals surface area contributed by atoms with E-state index in [1.54, 1.807) is 5.01 Å². The molecule has 2 fully saturated rings. The van der Waals surface area contributed by atoms with Crippen LogP contribution in [0.15, 0.2) is 238 Å². The van der Waals surface area contributed by atoms with Crippen molar-refractivity contribution in [3.8, 4) is 0 Å². The van der Waals surface area contributed by atoms with Gasteiger partial charge >= 0.3 is 0 Å². The molecule has 690 valence electrons. The van der Waals surface area contributed by atoms with E-state index in [0.717, 1.165) is 248 Å². The third-order valence-corrected chi connectivity index (χ3v) is 33.3. The Hall–Kier alpha value is -11.1. The lowest BCUT2D eigenvalue weighted by Gasteiger charge is -2.39. The van der Waals surface area contributed by atoms with Gasteiger partial charge in [-0.25, -0.2) is 68.9 Å². The van der Waals surface area contributed by atoms with Crippen molar-refractivity contribution in [3.63, 3.8) is 0 Å². The summed E-state index contributed by atoms with van der Waals surface area (Å²) < 4.78 is 140. The Labute approximate surface area is 790 Å². The molecule has 134 heavy (non-hydrogen) atoms. The number of piperidine rings is 1. The fraction of sp³-hybridized carbons (Fsp3) is 0.314. The van der Waals surface area contributed by atoms with Crippen LogP contribution in [0.2, 0.25) is 0 Å². The van der Waals surface area contributed by atoms with E-state index in [0.29, 0.717) is 38.1 Å². The molecule has 12 aliphatic rings. The number of carbonyl (C=O) groups excluding carboxylic acids is 5. The van der Waals surface area contributed by atoms with Gasteiger partial charge in [-0.15, -0.1) is 0 Å². The highest BCUT2D eigenvalue weighted by Crippen LogP contribution is 2.60. The number of halogens is 10. The maximum absolute atomic E-state index is 14.5. The highest BCUT2D eigenvalue weighted by Gasteiger charge is 2.58. The number of fused-ring (bicyclic) bond motifs is 10. The summed E-state index contributed by atoms with van der Waals surface area (Å²) in [4.78, 5) is 60.5. The van der Waals surface area contributed by atoms with Crippen LogP contribution in [-0.2, 0) is 80.4 Å². The van der Waals surface area contributed by atoms with Gasteiger partial charge in [0.2, 0.25) is 23.6 Å². The molecule has 5 aliphatic carbocycles. The molecule has 6 atom stereocenters. The molecule has 7 heterocycles. The highest BCUT2D eigenvalue weighted by molar-refractivity contribution is 8.16. The molecule has 10 aromatic rings. The third kappa shape index (κ3) is 17.9. The highest BCUT2D eigenvalue weighted by atomic mass is 32.2. The maximum atomic E-state index is 14.5. The fourth-order valence-electron chi connectivity index (χ4n) is 19.9. The van der Waals surface area contributed by atoms with Gasteiger partial charge in [0.05, 0.1) is 6.04 Å². The maximum Gasteiger partial charge on any atom is 0.261 e. The largest absolute Gasteiger partial charge is 0.317 e. The second kappa shape index (κ2) is 38.9. The van der Waals surface area contributed by atoms with Gasteiger partial charge in [0.1, 0.15) is 108 Å². The van der Waals surface area contributed by atoms with Crippen molar-refractivity contribution in [2.45, 2.75) is 173 Å². The average molecular weight is 1920 g/mol. The number of hydrogen-bond acceptors (Lipinski definition) is 17. The summed E-state index contributed by atoms with van der Waals surface area (Å²) in [7, 11) is 0. The average Bonchev–Trinajstić information content (AvgIpc) is 1.54. The molecule has 17 nitrogen and oxygen atoms in total. The van der Waals surface area contributed by atoms with Crippen LogP contribution >= 0.6 is 58.8 Å². The molecule has 22 rings (SSSR count). The van der Waals surface area contributed by atoms with Crippen LogP contribution in [0.4, 0.5) is 43.9 Å². The second-order valence-corrected chi connectivity index (χ2v) is 40.9. The Bertz CT molecular complexity index is 6350. The Morgan fingerprint density at radius 2 is 0.567 bits per heavy atom. The summed E-state index contributed by atoms with van der Waals surface area (Å²) >= 11 is 6.77. The minimum Gasteiger partial charge on any atom is -0.317 e. The van der Waals surface area contributed by atoms with Gasteiger partial charge in [-0.05, 0) is 288 Å². The van der Waals surface area contributed by atoms with E-state index in [4.69, 9.17) is 0 Å². The number of benzene rings is 10. The predicted octanol–water partition coefficient (Wildman–Crippen LogP) is 21.8. The first-order chi connectivity index (χ1) is 64.7. The first-order valence-electron chi connectivity index (χ1n) is 44.8. The number of carbonyl (C=O) groups is 5. The number of nitrogens with one attached hydrogen (secondary N) is 2. The minimum atomic E-state index is -0.702. The number of hydrogen-bond donors (Lipinski definition) is 2. The number of hydrazone groups is 5. The molecule has 2 saturated heterocycles. The summed E-state index contributed by atoms with van der Waals surface area (Å²) in [6.45, 7) is 6.78. The van der Waals surface area contributed by atoms with Gasteiger partial charge in [0.25, 0.3) is 5.91 Å². The molecule has 10 aromatic carbocycles. The molecule has 0 radical (unpaired) electrons. The van der Waals surface area contributed by atoms with Crippen molar-refractivity contribution in [1.29, 1.82) is 0 Å². The third-order valence-electron chi connectivity index (χ3n) is 26.2. The second-order valence-electron chi connectivity index (χ2n) is 34.6. The van der Waals surface area contributed by atoms with Crippen LogP contribution in [0.1, 0.15) is 194 Å². The van der Waals surface area contributed by atoms with Gasteiger partial charge < -0.3 is 10.6 Å².